The molecule has 1 heterocycles. The van der Waals surface area contributed by atoms with E-state index in [0.29, 0.717) is 0 Å². The lowest BCUT2D eigenvalue weighted by Gasteiger charge is -2.17. The van der Waals surface area contributed by atoms with E-state index in [0.717, 1.165) is 17.7 Å². The van der Waals surface area contributed by atoms with Gasteiger partial charge in [-0.2, -0.15) is 0 Å². The summed E-state index contributed by atoms with van der Waals surface area (Å²) in [6.07, 6.45) is 7.04. The van der Waals surface area contributed by atoms with Gasteiger partial charge in [-0.1, -0.05) is 25.7 Å². The van der Waals surface area contributed by atoms with E-state index in [9.17, 15) is 14.4 Å². The van der Waals surface area contributed by atoms with Crippen molar-refractivity contribution in [2.75, 3.05) is 13.6 Å². The monoisotopic (exact) mass is 281 g/mol. The van der Waals surface area contributed by atoms with Crippen LogP contribution < -0.4 is 10.6 Å². The van der Waals surface area contributed by atoms with Gasteiger partial charge in [0.1, 0.15) is 0 Å². The fourth-order valence-corrected chi connectivity index (χ4v) is 2.83. The molecule has 0 bridgehead atoms. The van der Waals surface area contributed by atoms with Crippen LogP contribution in [0.5, 0.6) is 0 Å². The predicted molar refractivity (Wildman–Crippen MR) is 73.8 cm³/mol. The third kappa shape index (κ3) is 3.79. The van der Waals surface area contributed by atoms with Gasteiger partial charge in [0.25, 0.3) is 0 Å². The zero-order chi connectivity index (χ0) is 14.5. The molecule has 6 nitrogen and oxygen atoms in total. The molecule has 1 unspecified atom stereocenters. The van der Waals surface area contributed by atoms with E-state index >= 15 is 0 Å². The van der Waals surface area contributed by atoms with E-state index in [-0.39, 0.29) is 36.7 Å². The van der Waals surface area contributed by atoms with Crippen LogP contribution in [0.15, 0.2) is 0 Å². The Balaban J connectivity index is 1.72. The largest absolute Gasteiger partial charge is 0.352 e. The van der Waals surface area contributed by atoms with E-state index in [1.807, 2.05) is 0 Å². The summed E-state index contributed by atoms with van der Waals surface area (Å²) in [6, 6.07) is -0.289. The molecule has 1 aliphatic heterocycles. The Bertz CT molecular complexity index is 389. The number of likely N-dealkylation sites (N-methyl/N-ethyl adjacent to an activating group) is 1. The molecule has 0 aromatic carbocycles. The Kier molecular flexibility index (Phi) is 5.11. The van der Waals surface area contributed by atoms with Gasteiger partial charge in [-0.25, -0.2) is 0 Å². The quantitative estimate of drug-likeness (QED) is 0.569. The number of carbonyl (C=O) groups excluding carboxylic acids is 3. The zero-order valence-corrected chi connectivity index (χ0v) is 12.0. The summed E-state index contributed by atoms with van der Waals surface area (Å²) < 4.78 is 0. The summed E-state index contributed by atoms with van der Waals surface area (Å²) in [5.41, 5.74) is 0. The molecule has 0 radical (unpaired) electrons. The molecule has 0 aromatic heterocycles. The van der Waals surface area contributed by atoms with Crippen LogP contribution >= 0.6 is 0 Å². The first-order chi connectivity index (χ1) is 9.58. The average Bonchev–Trinajstić information content (AvgIpc) is 2.65. The Morgan fingerprint density at radius 2 is 1.85 bits per heavy atom. The van der Waals surface area contributed by atoms with Crippen molar-refractivity contribution in [3.05, 3.63) is 0 Å². The average molecular weight is 281 g/mol. The molecule has 1 saturated carbocycles. The number of hydrogen-bond acceptors (Lipinski definition) is 4. The molecule has 2 rings (SSSR count). The summed E-state index contributed by atoms with van der Waals surface area (Å²) in [6.45, 7) is 0.0913. The van der Waals surface area contributed by atoms with Crippen LogP contribution in [0.1, 0.15) is 44.9 Å². The van der Waals surface area contributed by atoms with Crippen molar-refractivity contribution < 1.29 is 14.4 Å². The third-order valence-electron chi connectivity index (χ3n) is 4.11. The second kappa shape index (κ2) is 6.83. The first kappa shape index (κ1) is 15.0. The van der Waals surface area contributed by atoms with Crippen LogP contribution in [0.2, 0.25) is 0 Å². The van der Waals surface area contributed by atoms with Crippen LogP contribution in [0, 0.1) is 0 Å². The maximum Gasteiger partial charge on any atom is 0.246 e. The first-order valence-corrected chi connectivity index (χ1v) is 7.41. The van der Waals surface area contributed by atoms with Crippen molar-refractivity contribution in [3.63, 3.8) is 0 Å². The van der Waals surface area contributed by atoms with Crippen molar-refractivity contribution >= 4 is 17.7 Å². The molecule has 2 aliphatic rings. The molecular weight excluding hydrogens is 258 g/mol. The van der Waals surface area contributed by atoms with Gasteiger partial charge in [0.05, 0.1) is 19.0 Å². The second-order valence-electron chi connectivity index (χ2n) is 5.68. The van der Waals surface area contributed by atoms with Crippen LogP contribution in [0.4, 0.5) is 0 Å². The highest BCUT2D eigenvalue weighted by Gasteiger charge is 2.35. The van der Waals surface area contributed by atoms with Crippen LogP contribution in [-0.4, -0.2) is 48.3 Å². The maximum atomic E-state index is 11.9. The van der Waals surface area contributed by atoms with Gasteiger partial charge in [0, 0.05) is 13.1 Å². The van der Waals surface area contributed by atoms with Crippen molar-refractivity contribution in [3.8, 4) is 0 Å². The Hall–Kier alpha value is -1.43. The van der Waals surface area contributed by atoms with Crippen molar-refractivity contribution in [2.24, 2.45) is 0 Å². The molecule has 0 spiro atoms. The van der Waals surface area contributed by atoms with E-state index in [4.69, 9.17) is 0 Å². The molecule has 0 aromatic rings. The Labute approximate surface area is 119 Å². The fraction of sp³-hybridized carbons (Fsp3) is 0.786. The lowest BCUT2D eigenvalue weighted by atomic mass is 10.1. The number of rotatable bonds is 4. The van der Waals surface area contributed by atoms with Crippen molar-refractivity contribution in [2.45, 2.75) is 57.0 Å². The van der Waals surface area contributed by atoms with Gasteiger partial charge in [-0.05, 0) is 12.8 Å². The molecular formula is C14H23N3O3. The van der Waals surface area contributed by atoms with Crippen molar-refractivity contribution in [1.29, 1.82) is 0 Å². The molecule has 20 heavy (non-hydrogen) atoms. The Morgan fingerprint density at radius 1 is 1.20 bits per heavy atom. The third-order valence-corrected chi connectivity index (χ3v) is 4.11. The smallest absolute Gasteiger partial charge is 0.246 e. The van der Waals surface area contributed by atoms with Gasteiger partial charge in [-0.15, -0.1) is 0 Å². The minimum atomic E-state index is -0.549. The summed E-state index contributed by atoms with van der Waals surface area (Å²) in [4.78, 5) is 36.0. The van der Waals surface area contributed by atoms with Gasteiger partial charge in [0.15, 0.2) is 0 Å². The van der Waals surface area contributed by atoms with Crippen LogP contribution in [0.25, 0.3) is 0 Å². The fourth-order valence-electron chi connectivity index (χ4n) is 2.83. The van der Waals surface area contributed by atoms with Gasteiger partial charge in [-0.3, -0.25) is 24.6 Å². The van der Waals surface area contributed by atoms with E-state index in [1.165, 1.54) is 32.7 Å². The number of amides is 3. The first-order valence-electron chi connectivity index (χ1n) is 7.41. The lowest BCUT2D eigenvalue weighted by Crippen LogP contribution is -2.45. The summed E-state index contributed by atoms with van der Waals surface area (Å²) >= 11 is 0. The van der Waals surface area contributed by atoms with E-state index in [1.54, 1.807) is 0 Å². The normalized spacial score (nSPS) is 24.9. The highest BCUT2D eigenvalue weighted by molar-refractivity contribution is 6.05. The number of likely N-dealkylation sites (tertiary alicyclic amines) is 1. The SMILES string of the molecule is CN1C(=O)CC(NCC(=O)NC2CCCCCC2)C1=O. The number of carbonyl (C=O) groups is 3. The number of nitrogens with one attached hydrogen (secondary N) is 2. The molecule has 112 valence electrons. The van der Waals surface area contributed by atoms with Crippen LogP contribution in [-0.2, 0) is 14.4 Å². The summed E-state index contributed by atoms with van der Waals surface area (Å²) in [5.74, 6) is -0.541. The van der Waals surface area contributed by atoms with Crippen LogP contribution in [0.3, 0.4) is 0 Å². The van der Waals surface area contributed by atoms with Gasteiger partial charge < -0.3 is 5.32 Å². The zero-order valence-electron chi connectivity index (χ0n) is 12.0. The Morgan fingerprint density at radius 3 is 2.40 bits per heavy atom. The van der Waals surface area contributed by atoms with Gasteiger partial charge in [0.2, 0.25) is 17.7 Å². The van der Waals surface area contributed by atoms with E-state index < -0.39 is 6.04 Å². The molecule has 3 amide bonds. The lowest BCUT2D eigenvalue weighted by molar-refractivity contribution is -0.137. The van der Waals surface area contributed by atoms with E-state index in [2.05, 4.69) is 10.6 Å². The molecule has 1 atom stereocenters. The molecule has 2 N–H and O–H groups in total. The summed E-state index contributed by atoms with van der Waals surface area (Å²) in [7, 11) is 1.47. The predicted octanol–water partition coefficient (Wildman–Crippen LogP) is 0.172. The highest BCUT2D eigenvalue weighted by Crippen LogP contribution is 2.17. The van der Waals surface area contributed by atoms with Gasteiger partial charge >= 0.3 is 0 Å². The number of nitrogens with zero attached hydrogens (tertiary/aromatic N) is 1. The highest BCUT2D eigenvalue weighted by atomic mass is 16.2. The topological polar surface area (TPSA) is 78.5 Å². The standard InChI is InChI=1S/C14H23N3O3/c1-17-13(19)8-11(14(17)20)15-9-12(18)16-10-6-4-2-3-5-7-10/h10-11,15H,2-9H2,1H3,(H,16,18). The minimum Gasteiger partial charge on any atom is -0.352 e. The number of imide groups is 1. The molecule has 2 fully saturated rings. The minimum absolute atomic E-state index is 0.0910. The second-order valence-corrected chi connectivity index (χ2v) is 5.68. The summed E-state index contributed by atoms with van der Waals surface area (Å²) in [5, 5.41) is 5.88. The van der Waals surface area contributed by atoms with Crippen molar-refractivity contribution in [1.82, 2.24) is 15.5 Å². The molecule has 1 aliphatic carbocycles. The molecule has 6 heteroatoms. The molecule has 1 saturated heterocycles. The number of hydrogen-bond donors (Lipinski definition) is 2. The maximum absolute atomic E-state index is 11.9.